The van der Waals surface area contributed by atoms with Gasteiger partial charge in [0.1, 0.15) is 0 Å². The zero-order valence-electron chi connectivity index (χ0n) is 15.3. The van der Waals surface area contributed by atoms with E-state index in [-0.39, 0.29) is 10.8 Å². The van der Waals surface area contributed by atoms with E-state index in [0.29, 0.717) is 17.4 Å². The normalized spacial score (nSPS) is 36.7. The Hall–Kier alpha value is -1.58. The molecule has 134 valence electrons. The van der Waals surface area contributed by atoms with Crippen LogP contribution in [-0.4, -0.2) is 22.2 Å². The molecule has 0 heterocycles. The molecule has 2 rings (SSSR count). The molecule has 4 heteroatoms. The number of rotatable bonds is 5. The van der Waals surface area contributed by atoms with Crippen LogP contribution in [0, 0.1) is 22.7 Å². The molecule has 0 radical (unpaired) electrons. The molecule has 0 aromatic carbocycles. The third-order valence-corrected chi connectivity index (χ3v) is 6.86. The molecular weight excluding hydrogens is 304 g/mol. The van der Waals surface area contributed by atoms with Crippen molar-refractivity contribution in [2.45, 2.75) is 66.2 Å². The molecule has 0 spiro atoms. The number of hydrogen-bond donors (Lipinski definition) is 2. The summed E-state index contributed by atoms with van der Waals surface area (Å²) in [5.41, 5.74) is 1.24. The molecule has 0 aromatic heterocycles. The lowest BCUT2D eigenvalue weighted by Crippen LogP contribution is -2.51. The molecule has 24 heavy (non-hydrogen) atoms. The van der Waals surface area contributed by atoms with Gasteiger partial charge in [-0.15, -0.1) is 0 Å². The molecule has 0 aromatic rings. The predicted molar refractivity (Wildman–Crippen MR) is 93.7 cm³/mol. The molecule has 4 atom stereocenters. The Morgan fingerprint density at radius 2 is 1.96 bits per heavy atom. The highest BCUT2D eigenvalue weighted by Gasteiger charge is 2.55. The number of carboxylic acids is 2. The molecular formula is C20H30O4. The van der Waals surface area contributed by atoms with Gasteiger partial charge in [0.05, 0.1) is 0 Å². The molecule has 0 saturated heterocycles. The second-order valence-corrected chi connectivity index (χ2v) is 8.24. The Balaban J connectivity index is 2.29. The van der Waals surface area contributed by atoms with Crippen molar-refractivity contribution < 1.29 is 19.8 Å². The predicted octanol–water partition coefficient (Wildman–Crippen LogP) is 4.66. The maximum absolute atomic E-state index is 11.8. The van der Waals surface area contributed by atoms with Gasteiger partial charge in [-0.05, 0) is 62.7 Å². The third-order valence-electron chi connectivity index (χ3n) is 6.86. The summed E-state index contributed by atoms with van der Waals surface area (Å²) in [5, 5.41) is 18.6. The summed E-state index contributed by atoms with van der Waals surface area (Å²) in [6.45, 7) is 8.56. The lowest BCUT2D eigenvalue weighted by Gasteiger charge is -2.57. The van der Waals surface area contributed by atoms with E-state index in [1.807, 2.05) is 13.0 Å². The molecule has 0 bridgehead atoms. The first-order valence-electron chi connectivity index (χ1n) is 8.95. The van der Waals surface area contributed by atoms with Crippen molar-refractivity contribution in [3.8, 4) is 0 Å². The Bertz CT molecular complexity index is 588. The zero-order chi connectivity index (χ0) is 18.1. The number of allylic oxidation sites excluding steroid dienone is 2. The summed E-state index contributed by atoms with van der Waals surface area (Å²) in [5.74, 6) is -0.821. The lowest BCUT2D eigenvalue weighted by atomic mass is 9.46. The van der Waals surface area contributed by atoms with Gasteiger partial charge in [0.15, 0.2) is 0 Å². The first-order chi connectivity index (χ1) is 11.1. The SMILES string of the molecule is C/C(=C\C(=O)O)CC[C@]1(C)[C@@H](C)CC[C@]2(C)C(C(=O)O)=CCC[C@@H]12. The Kier molecular flexibility index (Phi) is 5.26. The van der Waals surface area contributed by atoms with Gasteiger partial charge in [0.2, 0.25) is 0 Å². The lowest BCUT2D eigenvalue weighted by molar-refractivity contribution is -0.137. The third kappa shape index (κ3) is 3.28. The van der Waals surface area contributed by atoms with Crippen molar-refractivity contribution in [2.24, 2.45) is 22.7 Å². The quantitative estimate of drug-likeness (QED) is 0.717. The highest BCUT2D eigenvalue weighted by Crippen LogP contribution is 2.62. The molecule has 0 amide bonds. The van der Waals surface area contributed by atoms with Crippen molar-refractivity contribution >= 4 is 11.9 Å². The fourth-order valence-corrected chi connectivity index (χ4v) is 5.19. The average molecular weight is 334 g/mol. The van der Waals surface area contributed by atoms with E-state index in [2.05, 4.69) is 20.8 Å². The molecule has 0 aliphatic heterocycles. The second-order valence-electron chi connectivity index (χ2n) is 8.24. The summed E-state index contributed by atoms with van der Waals surface area (Å²) < 4.78 is 0. The monoisotopic (exact) mass is 334 g/mol. The number of carboxylic acid groups (broad SMARTS) is 2. The first kappa shape index (κ1) is 18.8. The van der Waals surface area contributed by atoms with Gasteiger partial charge < -0.3 is 10.2 Å². The standard InChI is InChI=1S/C20H30O4/c1-13(12-17(21)22)8-10-19(3)14(2)9-11-20(4)15(18(23)24)6-5-7-16(19)20/h6,12,14,16H,5,7-11H2,1-4H3,(H,21,22)(H,23,24)/b13-12+/t14-,16-,19+,20+/m0/s1. The fraction of sp³-hybridized carbons (Fsp3) is 0.700. The van der Waals surface area contributed by atoms with Crippen LogP contribution in [-0.2, 0) is 9.59 Å². The number of aliphatic carboxylic acids is 2. The Morgan fingerprint density at radius 3 is 2.54 bits per heavy atom. The van der Waals surface area contributed by atoms with E-state index < -0.39 is 11.9 Å². The molecule has 2 aliphatic rings. The van der Waals surface area contributed by atoms with Crippen molar-refractivity contribution in [3.05, 3.63) is 23.3 Å². The van der Waals surface area contributed by atoms with Crippen LogP contribution in [0.5, 0.6) is 0 Å². The van der Waals surface area contributed by atoms with Crippen molar-refractivity contribution in [2.75, 3.05) is 0 Å². The van der Waals surface area contributed by atoms with Gasteiger partial charge in [-0.3, -0.25) is 0 Å². The topological polar surface area (TPSA) is 74.6 Å². The van der Waals surface area contributed by atoms with E-state index >= 15 is 0 Å². The van der Waals surface area contributed by atoms with Crippen LogP contribution in [0.1, 0.15) is 66.2 Å². The van der Waals surface area contributed by atoms with E-state index in [1.165, 1.54) is 6.08 Å². The van der Waals surface area contributed by atoms with Crippen LogP contribution < -0.4 is 0 Å². The van der Waals surface area contributed by atoms with Crippen LogP contribution in [0.25, 0.3) is 0 Å². The number of carbonyl (C=O) groups is 2. The molecule has 0 unspecified atom stereocenters. The van der Waals surface area contributed by atoms with Crippen LogP contribution in [0.3, 0.4) is 0 Å². The summed E-state index contributed by atoms with van der Waals surface area (Å²) in [7, 11) is 0. The van der Waals surface area contributed by atoms with Crippen LogP contribution in [0.2, 0.25) is 0 Å². The van der Waals surface area contributed by atoms with Gasteiger partial charge in [0, 0.05) is 17.1 Å². The number of fused-ring (bicyclic) bond motifs is 1. The minimum atomic E-state index is -0.895. The molecule has 2 N–H and O–H groups in total. The van der Waals surface area contributed by atoms with Crippen LogP contribution in [0.4, 0.5) is 0 Å². The summed E-state index contributed by atoms with van der Waals surface area (Å²) >= 11 is 0. The van der Waals surface area contributed by atoms with Gasteiger partial charge in [-0.25, -0.2) is 9.59 Å². The fourth-order valence-electron chi connectivity index (χ4n) is 5.19. The van der Waals surface area contributed by atoms with Crippen molar-refractivity contribution in [3.63, 3.8) is 0 Å². The summed E-state index contributed by atoms with van der Waals surface area (Å²) in [6.07, 6.45) is 8.68. The van der Waals surface area contributed by atoms with Gasteiger partial charge in [-0.2, -0.15) is 0 Å². The van der Waals surface area contributed by atoms with Crippen molar-refractivity contribution in [1.82, 2.24) is 0 Å². The zero-order valence-corrected chi connectivity index (χ0v) is 15.3. The van der Waals surface area contributed by atoms with Gasteiger partial charge in [-0.1, -0.05) is 32.4 Å². The minimum absolute atomic E-state index is 0.0373. The van der Waals surface area contributed by atoms with Crippen molar-refractivity contribution in [1.29, 1.82) is 0 Å². The van der Waals surface area contributed by atoms with Crippen LogP contribution >= 0.6 is 0 Å². The molecule has 2 aliphatic carbocycles. The maximum atomic E-state index is 11.8. The molecule has 1 saturated carbocycles. The smallest absolute Gasteiger partial charge is 0.331 e. The van der Waals surface area contributed by atoms with E-state index in [4.69, 9.17) is 5.11 Å². The Labute approximate surface area is 144 Å². The second kappa shape index (κ2) is 6.73. The summed E-state index contributed by atoms with van der Waals surface area (Å²) in [6, 6.07) is 0. The maximum Gasteiger partial charge on any atom is 0.331 e. The number of hydrogen-bond acceptors (Lipinski definition) is 2. The summed E-state index contributed by atoms with van der Waals surface area (Å²) in [4.78, 5) is 22.6. The van der Waals surface area contributed by atoms with E-state index in [0.717, 1.165) is 44.1 Å². The van der Waals surface area contributed by atoms with Crippen LogP contribution in [0.15, 0.2) is 23.3 Å². The van der Waals surface area contributed by atoms with E-state index in [9.17, 15) is 14.7 Å². The van der Waals surface area contributed by atoms with Gasteiger partial charge in [0.25, 0.3) is 0 Å². The highest BCUT2D eigenvalue weighted by molar-refractivity contribution is 5.88. The molecule has 4 nitrogen and oxygen atoms in total. The van der Waals surface area contributed by atoms with Gasteiger partial charge >= 0.3 is 11.9 Å². The first-order valence-corrected chi connectivity index (χ1v) is 8.95. The molecule has 1 fully saturated rings. The van der Waals surface area contributed by atoms with E-state index in [1.54, 1.807) is 0 Å². The largest absolute Gasteiger partial charge is 0.478 e. The highest BCUT2D eigenvalue weighted by atomic mass is 16.4. The average Bonchev–Trinajstić information content (AvgIpc) is 2.48. The Morgan fingerprint density at radius 1 is 1.29 bits per heavy atom. The minimum Gasteiger partial charge on any atom is -0.478 e.